The van der Waals surface area contributed by atoms with Gasteiger partial charge in [-0.1, -0.05) is 13.3 Å². The number of rotatable bonds is 6. The fourth-order valence-corrected chi connectivity index (χ4v) is 4.36. The minimum atomic E-state index is -0.267. The van der Waals surface area contributed by atoms with E-state index in [0.29, 0.717) is 11.9 Å². The summed E-state index contributed by atoms with van der Waals surface area (Å²) in [5, 5.41) is 0. The number of carbonyl (C=O) groups is 1. The SMILES string of the molecule is CCCCc1ncc(CN2CCCC23CCCN(C(C)C)C3=O)[nH]1. The minimum absolute atomic E-state index is 0.267. The Bertz CT molecular complexity index is 567. The Kier molecular flexibility index (Phi) is 5.28. The molecule has 1 spiro atoms. The van der Waals surface area contributed by atoms with Crippen LogP contribution >= 0.6 is 0 Å². The average molecular weight is 332 g/mol. The molecule has 2 aliphatic heterocycles. The number of imidazole rings is 1. The molecule has 0 aliphatic carbocycles. The van der Waals surface area contributed by atoms with Crippen molar-refractivity contribution in [2.75, 3.05) is 13.1 Å². The van der Waals surface area contributed by atoms with Gasteiger partial charge in [-0.25, -0.2) is 4.98 Å². The third kappa shape index (κ3) is 3.23. The molecule has 1 aromatic rings. The zero-order valence-corrected chi connectivity index (χ0v) is 15.5. The number of likely N-dealkylation sites (tertiary alicyclic amines) is 2. The molecule has 0 bridgehead atoms. The molecule has 1 atom stereocenters. The fraction of sp³-hybridized carbons (Fsp3) is 0.789. The Balaban J connectivity index is 1.73. The van der Waals surface area contributed by atoms with E-state index in [4.69, 9.17) is 0 Å². The third-order valence-corrected chi connectivity index (χ3v) is 5.70. The maximum Gasteiger partial charge on any atom is 0.243 e. The van der Waals surface area contributed by atoms with Gasteiger partial charge in [0, 0.05) is 37.4 Å². The van der Waals surface area contributed by atoms with Gasteiger partial charge < -0.3 is 9.88 Å². The molecule has 5 heteroatoms. The number of hydrogen-bond donors (Lipinski definition) is 1. The van der Waals surface area contributed by atoms with Crippen LogP contribution in [0.4, 0.5) is 0 Å². The Morgan fingerprint density at radius 2 is 2.04 bits per heavy atom. The van der Waals surface area contributed by atoms with Crippen LogP contribution in [0.3, 0.4) is 0 Å². The molecule has 2 aliphatic rings. The van der Waals surface area contributed by atoms with Crippen molar-refractivity contribution in [1.29, 1.82) is 0 Å². The predicted molar refractivity (Wildman–Crippen MR) is 95.7 cm³/mol. The van der Waals surface area contributed by atoms with Gasteiger partial charge in [-0.05, 0) is 52.5 Å². The van der Waals surface area contributed by atoms with Crippen molar-refractivity contribution in [1.82, 2.24) is 19.8 Å². The summed E-state index contributed by atoms with van der Waals surface area (Å²) in [6.45, 7) is 9.21. The number of aromatic nitrogens is 2. The lowest BCUT2D eigenvalue weighted by Gasteiger charge is -2.46. The zero-order chi connectivity index (χ0) is 17.2. The number of aromatic amines is 1. The molecule has 24 heavy (non-hydrogen) atoms. The first-order valence-corrected chi connectivity index (χ1v) is 9.65. The van der Waals surface area contributed by atoms with Crippen molar-refractivity contribution in [2.45, 2.75) is 83.8 Å². The van der Waals surface area contributed by atoms with Gasteiger partial charge in [0.15, 0.2) is 0 Å². The number of unbranched alkanes of at least 4 members (excludes halogenated alkanes) is 1. The lowest BCUT2D eigenvalue weighted by atomic mass is 9.84. The van der Waals surface area contributed by atoms with Crippen LogP contribution in [0.2, 0.25) is 0 Å². The molecule has 1 aromatic heterocycles. The van der Waals surface area contributed by atoms with E-state index >= 15 is 0 Å². The highest BCUT2D eigenvalue weighted by atomic mass is 16.2. The fourth-order valence-electron chi connectivity index (χ4n) is 4.36. The van der Waals surface area contributed by atoms with Gasteiger partial charge in [-0.15, -0.1) is 0 Å². The first-order valence-electron chi connectivity index (χ1n) is 9.65. The Morgan fingerprint density at radius 3 is 2.75 bits per heavy atom. The Morgan fingerprint density at radius 1 is 1.29 bits per heavy atom. The van der Waals surface area contributed by atoms with Crippen LogP contribution < -0.4 is 0 Å². The van der Waals surface area contributed by atoms with Gasteiger partial charge in [0.25, 0.3) is 0 Å². The number of carbonyl (C=O) groups excluding carboxylic acids is 1. The second kappa shape index (κ2) is 7.26. The number of hydrogen-bond acceptors (Lipinski definition) is 3. The number of piperidine rings is 1. The summed E-state index contributed by atoms with van der Waals surface area (Å²) in [4.78, 5) is 25.7. The second-order valence-electron chi connectivity index (χ2n) is 7.71. The maximum absolute atomic E-state index is 13.2. The molecule has 1 unspecified atom stereocenters. The van der Waals surface area contributed by atoms with Crippen molar-refractivity contribution < 1.29 is 4.79 Å². The number of nitrogens with zero attached hydrogens (tertiary/aromatic N) is 3. The van der Waals surface area contributed by atoms with Crippen molar-refractivity contribution in [3.8, 4) is 0 Å². The van der Waals surface area contributed by atoms with Crippen molar-refractivity contribution in [3.05, 3.63) is 17.7 Å². The van der Waals surface area contributed by atoms with Gasteiger partial charge >= 0.3 is 0 Å². The van der Waals surface area contributed by atoms with E-state index in [2.05, 4.69) is 40.5 Å². The van der Waals surface area contributed by atoms with Crippen molar-refractivity contribution in [3.63, 3.8) is 0 Å². The molecule has 0 saturated carbocycles. The third-order valence-electron chi connectivity index (χ3n) is 5.70. The lowest BCUT2D eigenvalue weighted by Crippen LogP contribution is -2.61. The molecule has 1 N–H and O–H groups in total. The van der Waals surface area contributed by atoms with E-state index in [9.17, 15) is 4.79 Å². The number of H-pyrrole nitrogens is 1. The maximum atomic E-state index is 13.2. The first-order chi connectivity index (χ1) is 11.6. The molecule has 1 amide bonds. The van der Waals surface area contributed by atoms with Crippen LogP contribution in [0.25, 0.3) is 0 Å². The average Bonchev–Trinajstić information content (AvgIpc) is 3.16. The standard InChI is InChI=1S/C19H32N4O/c1-4-5-8-17-20-13-16(21-17)14-22-11-6-9-19(22)10-7-12-23(15(2)3)18(19)24/h13,15H,4-12,14H2,1-3H3,(H,20,21). The van der Waals surface area contributed by atoms with Crippen LogP contribution in [0, 0.1) is 0 Å². The summed E-state index contributed by atoms with van der Waals surface area (Å²) in [7, 11) is 0. The van der Waals surface area contributed by atoms with E-state index in [0.717, 1.165) is 63.3 Å². The van der Waals surface area contributed by atoms with Crippen LogP contribution in [0.5, 0.6) is 0 Å². The first kappa shape index (κ1) is 17.5. The topological polar surface area (TPSA) is 52.2 Å². The minimum Gasteiger partial charge on any atom is -0.345 e. The normalized spacial score (nSPS) is 25.3. The molecule has 0 aromatic carbocycles. The van der Waals surface area contributed by atoms with E-state index in [-0.39, 0.29) is 5.54 Å². The molecule has 5 nitrogen and oxygen atoms in total. The summed E-state index contributed by atoms with van der Waals surface area (Å²) >= 11 is 0. The van der Waals surface area contributed by atoms with E-state index in [1.54, 1.807) is 0 Å². The number of nitrogens with one attached hydrogen (secondary N) is 1. The summed E-state index contributed by atoms with van der Waals surface area (Å²) in [5.41, 5.74) is 0.883. The summed E-state index contributed by atoms with van der Waals surface area (Å²) in [6, 6.07) is 0.296. The van der Waals surface area contributed by atoms with E-state index in [1.807, 2.05) is 6.20 Å². The number of aryl methyl sites for hydroxylation is 1. The highest BCUT2D eigenvalue weighted by Crippen LogP contribution is 2.39. The molecule has 2 saturated heterocycles. The molecule has 3 rings (SSSR count). The van der Waals surface area contributed by atoms with Crippen molar-refractivity contribution in [2.24, 2.45) is 0 Å². The van der Waals surface area contributed by atoms with Gasteiger partial charge in [0.2, 0.25) is 5.91 Å². The molecule has 134 valence electrons. The van der Waals surface area contributed by atoms with Gasteiger partial charge in [-0.3, -0.25) is 9.69 Å². The van der Waals surface area contributed by atoms with Crippen LogP contribution in [0.15, 0.2) is 6.20 Å². The predicted octanol–water partition coefficient (Wildman–Crippen LogP) is 3.12. The number of amides is 1. The van der Waals surface area contributed by atoms with Gasteiger partial charge in [0.1, 0.15) is 11.4 Å². The highest BCUT2D eigenvalue weighted by Gasteiger charge is 2.51. The smallest absolute Gasteiger partial charge is 0.243 e. The van der Waals surface area contributed by atoms with Gasteiger partial charge in [0.05, 0.1) is 0 Å². The van der Waals surface area contributed by atoms with Gasteiger partial charge in [-0.2, -0.15) is 0 Å². The van der Waals surface area contributed by atoms with E-state index < -0.39 is 0 Å². The van der Waals surface area contributed by atoms with E-state index in [1.165, 1.54) is 12.8 Å². The molecule has 3 heterocycles. The molecular formula is C19H32N4O. The highest BCUT2D eigenvalue weighted by molar-refractivity contribution is 5.87. The molecular weight excluding hydrogens is 300 g/mol. The summed E-state index contributed by atoms with van der Waals surface area (Å²) in [6.07, 6.45) is 9.58. The lowest BCUT2D eigenvalue weighted by molar-refractivity contribution is -0.149. The Hall–Kier alpha value is -1.36. The molecule has 0 radical (unpaired) electrons. The summed E-state index contributed by atoms with van der Waals surface area (Å²) < 4.78 is 0. The second-order valence-corrected chi connectivity index (χ2v) is 7.71. The Labute approximate surface area is 145 Å². The zero-order valence-electron chi connectivity index (χ0n) is 15.5. The summed E-state index contributed by atoms with van der Waals surface area (Å²) in [5.74, 6) is 1.44. The van der Waals surface area contributed by atoms with Crippen LogP contribution in [-0.4, -0.2) is 50.3 Å². The largest absolute Gasteiger partial charge is 0.345 e. The monoisotopic (exact) mass is 332 g/mol. The van der Waals surface area contributed by atoms with Crippen LogP contribution in [0.1, 0.15) is 70.8 Å². The van der Waals surface area contributed by atoms with Crippen LogP contribution in [-0.2, 0) is 17.8 Å². The van der Waals surface area contributed by atoms with Crippen molar-refractivity contribution >= 4 is 5.91 Å². The quantitative estimate of drug-likeness (QED) is 0.871. The molecule has 2 fully saturated rings.